The van der Waals surface area contributed by atoms with Crippen LogP contribution in [-0.2, 0) is 14.9 Å². The number of carbonyl (C=O) groups is 2. The number of hydrogen-bond acceptors (Lipinski definition) is 8. The number of amides is 2. The summed E-state index contributed by atoms with van der Waals surface area (Å²) in [6.45, 7) is 0.404. The summed E-state index contributed by atoms with van der Waals surface area (Å²) in [4.78, 5) is 31.5. The number of aromatic nitrogens is 1. The zero-order valence-electron chi connectivity index (χ0n) is 19.7. The van der Waals surface area contributed by atoms with Gasteiger partial charge < -0.3 is 23.9 Å². The number of hydrogen-bond donors (Lipinski definition) is 2. The van der Waals surface area contributed by atoms with Crippen LogP contribution in [0.2, 0.25) is 0 Å². The molecule has 1 aliphatic rings. The Hall–Kier alpha value is -4.05. The maximum atomic E-state index is 13.1. The first-order chi connectivity index (χ1) is 16.8. The van der Waals surface area contributed by atoms with Crippen molar-refractivity contribution >= 4 is 12.0 Å². The molecule has 184 valence electrons. The summed E-state index contributed by atoms with van der Waals surface area (Å²) in [5, 5.41) is 19.8. The van der Waals surface area contributed by atoms with E-state index in [0.29, 0.717) is 27.8 Å². The number of phenols is 1. The molecule has 1 aromatic heterocycles. The maximum Gasteiger partial charge on any atom is 0.343 e. The fourth-order valence-corrected chi connectivity index (χ4v) is 4.26. The molecule has 10 heteroatoms. The Morgan fingerprint density at radius 3 is 2.17 bits per heavy atom. The van der Waals surface area contributed by atoms with Crippen molar-refractivity contribution in [2.24, 2.45) is 0 Å². The molecule has 2 aromatic carbocycles. The van der Waals surface area contributed by atoms with Gasteiger partial charge in [-0.3, -0.25) is 10.0 Å². The third-order valence-corrected chi connectivity index (χ3v) is 6.27. The number of phenolic OH excluding ortho intramolecular Hbond substituents is 1. The molecule has 4 rings (SSSR count). The summed E-state index contributed by atoms with van der Waals surface area (Å²) in [6.07, 6.45) is 0.410. The number of hydroxylamine groups is 2. The van der Waals surface area contributed by atoms with Crippen LogP contribution in [0.1, 0.15) is 18.7 Å². The zero-order chi connectivity index (χ0) is 25.2. The van der Waals surface area contributed by atoms with Gasteiger partial charge in [-0.2, -0.15) is 0 Å². The van der Waals surface area contributed by atoms with Crippen LogP contribution in [0.3, 0.4) is 0 Å². The minimum absolute atomic E-state index is 0.111. The predicted octanol–water partition coefficient (Wildman–Crippen LogP) is 3.67. The predicted molar refractivity (Wildman–Crippen MR) is 125 cm³/mol. The second-order valence-electron chi connectivity index (χ2n) is 8.34. The Bertz CT molecular complexity index is 1190. The molecule has 0 spiro atoms. The van der Waals surface area contributed by atoms with E-state index in [1.54, 1.807) is 43.5 Å². The van der Waals surface area contributed by atoms with Crippen LogP contribution in [0, 0.1) is 0 Å². The lowest BCUT2D eigenvalue weighted by Crippen LogP contribution is -2.51. The summed E-state index contributed by atoms with van der Waals surface area (Å²) < 4.78 is 16.7. The molecule has 0 unspecified atom stereocenters. The number of likely N-dealkylation sites (tertiary alicyclic amines) is 1. The highest BCUT2D eigenvalue weighted by atomic mass is 16.5. The number of rotatable bonds is 5. The number of aromatic hydroxyl groups is 1. The molecule has 1 aliphatic heterocycles. The van der Waals surface area contributed by atoms with E-state index in [1.165, 1.54) is 19.1 Å². The van der Waals surface area contributed by atoms with Gasteiger partial charge in [0.1, 0.15) is 22.6 Å². The molecule has 0 aliphatic carbocycles. The Labute approximate surface area is 202 Å². The molecule has 10 nitrogen and oxygen atoms in total. The molecule has 3 aromatic rings. The van der Waals surface area contributed by atoms with Crippen molar-refractivity contribution in [3.05, 3.63) is 54.4 Å². The van der Waals surface area contributed by atoms with E-state index in [1.807, 2.05) is 12.1 Å². The number of oxazole rings is 1. The van der Waals surface area contributed by atoms with Gasteiger partial charge in [0.05, 0.1) is 14.2 Å². The van der Waals surface area contributed by atoms with Crippen LogP contribution in [0.5, 0.6) is 11.5 Å². The fraction of sp³-hybridized carbons (Fsp3) is 0.320. The van der Waals surface area contributed by atoms with E-state index in [-0.39, 0.29) is 37.6 Å². The summed E-state index contributed by atoms with van der Waals surface area (Å²) >= 11 is 0. The molecule has 0 radical (unpaired) electrons. The minimum atomic E-state index is -1.21. The molecule has 2 amide bonds. The van der Waals surface area contributed by atoms with Crippen molar-refractivity contribution < 1.29 is 33.8 Å². The number of esters is 1. The van der Waals surface area contributed by atoms with E-state index in [9.17, 15) is 19.9 Å². The Morgan fingerprint density at radius 1 is 1.03 bits per heavy atom. The van der Waals surface area contributed by atoms with Gasteiger partial charge in [-0.05, 0) is 61.4 Å². The first-order valence-corrected chi connectivity index (χ1v) is 11.0. The Balaban J connectivity index is 1.80. The van der Waals surface area contributed by atoms with E-state index in [0.717, 1.165) is 5.56 Å². The average molecular weight is 482 g/mol. The SMILES string of the molecule is COC(=O)C1(c2nc(-c3ccc(O)cc3)c(-c3ccc(OC)cc3)o2)CCN(C(=O)N(C)O)CC1. The summed E-state index contributed by atoms with van der Waals surface area (Å²) in [6, 6.07) is 13.2. The molecule has 2 heterocycles. The number of urea groups is 1. The number of nitrogens with zero attached hydrogens (tertiary/aromatic N) is 3. The number of methoxy groups -OCH3 is 2. The summed E-state index contributed by atoms with van der Waals surface area (Å²) in [5.74, 6) is 0.909. The van der Waals surface area contributed by atoms with Crippen LogP contribution in [-0.4, -0.2) is 71.6 Å². The first kappa shape index (κ1) is 24.1. The lowest BCUT2D eigenvalue weighted by Gasteiger charge is -2.38. The number of carbonyl (C=O) groups excluding carboxylic acids is 2. The highest BCUT2D eigenvalue weighted by Crippen LogP contribution is 2.42. The van der Waals surface area contributed by atoms with E-state index >= 15 is 0 Å². The van der Waals surface area contributed by atoms with E-state index in [4.69, 9.17) is 18.9 Å². The topological polar surface area (TPSA) is 126 Å². The molecule has 0 bridgehead atoms. The van der Waals surface area contributed by atoms with Gasteiger partial charge in [-0.15, -0.1) is 0 Å². The van der Waals surface area contributed by atoms with Crippen LogP contribution in [0.15, 0.2) is 52.9 Å². The van der Waals surface area contributed by atoms with Gasteiger partial charge in [0.15, 0.2) is 5.76 Å². The maximum absolute atomic E-state index is 13.1. The molecule has 0 atom stereocenters. The van der Waals surface area contributed by atoms with Crippen molar-refractivity contribution in [3.8, 4) is 34.1 Å². The molecule has 1 saturated heterocycles. The highest BCUT2D eigenvalue weighted by molar-refractivity contribution is 5.84. The van der Waals surface area contributed by atoms with Crippen LogP contribution >= 0.6 is 0 Å². The van der Waals surface area contributed by atoms with Crippen molar-refractivity contribution in [2.45, 2.75) is 18.3 Å². The third-order valence-electron chi connectivity index (χ3n) is 6.27. The molecular formula is C25H27N3O7. The lowest BCUT2D eigenvalue weighted by molar-refractivity contribution is -0.150. The number of benzene rings is 2. The van der Waals surface area contributed by atoms with E-state index < -0.39 is 17.4 Å². The molecular weight excluding hydrogens is 454 g/mol. The fourth-order valence-electron chi connectivity index (χ4n) is 4.26. The average Bonchev–Trinajstić information content (AvgIpc) is 3.34. The quantitative estimate of drug-likeness (QED) is 0.321. The van der Waals surface area contributed by atoms with Crippen molar-refractivity contribution in [3.63, 3.8) is 0 Å². The van der Waals surface area contributed by atoms with Crippen molar-refractivity contribution in [1.82, 2.24) is 14.9 Å². The second kappa shape index (κ2) is 9.67. The van der Waals surface area contributed by atoms with Gasteiger partial charge in [0.25, 0.3) is 0 Å². The number of ether oxygens (including phenoxy) is 2. The smallest absolute Gasteiger partial charge is 0.343 e. The monoisotopic (exact) mass is 481 g/mol. The van der Waals surface area contributed by atoms with Gasteiger partial charge in [0.2, 0.25) is 5.89 Å². The normalized spacial score (nSPS) is 14.9. The largest absolute Gasteiger partial charge is 0.508 e. The molecule has 0 saturated carbocycles. The summed E-state index contributed by atoms with van der Waals surface area (Å²) in [5.41, 5.74) is 0.706. The standard InChI is InChI=1S/C25H27N3O7/c1-27(32)24(31)28-14-12-25(13-15-28,23(30)34-3)22-26-20(16-4-8-18(29)9-5-16)21(35-22)17-6-10-19(33-2)11-7-17/h4-11,29,32H,12-15H2,1-3H3. The number of piperidine rings is 1. The second-order valence-corrected chi connectivity index (χ2v) is 8.34. The third kappa shape index (κ3) is 4.52. The van der Waals surface area contributed by atoms with Gasteiger partial charge >= 0.3 is 12.0 Å². The molecule has 1 fully saturated rings. The van der Waals surface area contributed by atoms with Crippen LogP contribution in [0.25, 0.3) is 22.6 Å². The molecule has 35 heavy (non-hydrogen) atoms. The minimum Gasteiger partial charge on any atom is -0.508 e. The zero-order valence-corrected chi connectivity index (χ0v) is 19.7. The Morgan fingerprint density at radius 2 is 1.63 bits per heavy atom. The van der Waals surface area contributed by atoms with Gasteiger partial charge in [-0.1, -0.05) is 0 Å². The molecule has 2 N–H and O–H groups in total. The van der Waals surface area contributed by atoms with Gasteiger partial charge in [-0.25, -0.2) is 14.8 Å². The first-order valence-electron chi connectivity index (χ1n) is 11.0. The van der Waals surface area contributed by atoms with Crippen molar-refractivity contribution in [1.29, 1.82) is 0 Å². The lowest BCUT2D eigenvalue weighted by atomic mass is 9.78. The van der Waals surface area contributed by atoms with Crippen LogP contribution in [0.4, 0.5) is 4.79 Å². The van der Waals surface area contributed by atoms with Gasteiger partial charge in [0, 0.05) is 31.3 Å². The van der Waals surface area contributed by atoms with Crippen LogP contribution < -0.4 is 4.74 Å². The highest BCUT2D eigenvalue weighted by Gasteiger charge is 2.49. The summed E-state index contributed by atoms with van der Waals surface area (Å²) in [7, 11) is 4.14. The van der Waals surface area contributed by atoms with Crippen molar-refractivity contribution in [2.75, 3.05) is 34.4 Å². The van der Waals surface area contributed by atoms with E-state index in [2.05, 4.69) is 0 Å². The Kier molecular flexibility index (Phi) is 6.65.